The van der Waals surface area contributed by atoms with Gasteiger partial charge in [0.2, 0.25) is 0 Å². The highest BCUT2D eigenvalue weighted by molar-refractivity contribution is 5.69. The minimum Gasteiger partial charge on any atom is -0.496 e. The Kier molecular flexibility index (Phi) is 7.74. The quantitative estimate of drug-likeness (QED) is 0.461. The first kappa shape index (κ1) is 20.5. The van der Waals surface area contributed by atoms with Crippen LogP contribution < -0.4 is 4.74 Å². The molecule has 0 aliphatic heterocycles. The summed E-state index contributed by atoms with van der Waals surface area (Å²) >= 11 is 0. The van der Waals surface area contributed by atoms with E-state index in [0.717, 1.165) is 31.4 Å². The SMILES string of the molecule is COc1ccccc1CC1=CCC(CCC(=O)OCC(C)(C)C)CCC1. The van der Waals surface area contributed by atoms with Crippen molar-refractivity contribution < 1.29 is 14.3 Å². The lowest BCUT2D eigenvalue weighted by molar-refractivity contribution is -0.146. The molecule has 0 aromatic heterocycles. The van der Waals surface area contributed by atoms with Gasteiger partial charge in [0.15, 0.2) is 0 Å². The van der Waals surface area contributed by atoms with E-state index in [-0.39, 0.29) is 11.4 Å². The van der Waals surface area contributed by atoms with Crippen molar-refractivity contribution >= 4 is 5.97 Å². The van der Waals surface area contributed by atoms with Gasteiger partial charge in [0.1, 0.15) is 5.75 Å². The standard InChI is InChI=1S/C23H34O3/c1-23(2,3)17-26-22(24)15-14-18-8-7-9-19(13-12-18)16-20-10-5-6-11-21(20)25-4/h5-6,10-11,13,18H,7-9,12,14-17H2,1-4H3. The fourth-order valence-electron chi connectivity index (χ4n) is 3.38. The van der Waals surface area contributed by atoms with Gasteiger partial charge in [0.05, 0.1) is 13.7 Å². The average Bonchev–Trinajstić information content (AvgIpc) is 2.83. The number of hydrogen-bond acceptors (Lipinski definition) is 3. The Hall–Kier alpha value is -1.77. The molecule has 0 spiro atoms. The Morgan fingerprint density at radius 1 is 1.23 bits per heavy atom. The summed E-state index contributed by atoms with van der Waals surface area (Å²) in [5.74, 6) is 1.51. The summed E-state index contributed by atoms with van der Waals surface area (Å²) in [7, 11) is 1.73. The first-order valence-electron chi connectivity index (χ1n) is 9.83. The fourth-order valence-corrected chi connectivity index (χ4v) is 3.38. The number of ether oxygens (including phenoxy) is 2. The highest BCUT2D eigenvalue weighted by atomic mass is 16.5. The highest BCUT2D eigenvalue weighted by Gasteiger charge is 2.17. The summed E-state index contributed by atoms with van der Waals surface area (Å²) in [6.07, 6.45) is 9.42. The van der Waals surface area contributed by atoms with Gasteiger partial charge in [-0.2, -0.15) is 0 Å². The zero-order valence-electron chi connectivity index (χ0n) is 16.8. The molecule has 0 fully saturated rings. The van der Waals surface area contributed by atoms with Crippen molar-refractivity contribution in [3.63, 3.8) is 0 Å². The third-order valence-electron chi connectivity index (χ3n) is 4.88. The van der Waals surface area contributed by atoms with Gasteiger partial charge < -0.3 is 9.47 Å². The van der Waals surface area contributed by atoms with Crippen molar-refractivity contribution in [1.29, 1.82) is 0 Å². The zero-order valence-corrected chi connectivity index (χ0v) is 16.8. The van der Waals surface area contributed by atoms with Crippen LogP contribution in [0, 0.1) is 11.3 Å². The Morgan fingerprint density at radius 3 is 2.73 bits per heavy atom. The van der Waals surface area contributed by atoms with Crippen LogP contribution in [0.2, 0.25) is 0 Å². The molecule has 0 bridgehead atoms. The van der Waals surface area contributed by atoms with Crippen molar-refractivity contribution in [2.24, 2.45) is 11.3 Å². The predicted octanol–water partition coefficient (Wildman–Crippen LogP) is 5.72. The minimum absolute atomic E-state index is 0.0358. The molecule has 2 rings (SSSR count). The zero-order chi connectivity index (χ0) is 19.0. The number of rotatable bonds is 7. The second kappa shape index (κ2) is 9.80. The number of benzene rings is 1. The van der Waals surface area contributed by atoms with Gasteiger partial charge in [0.25, 0.3) is 0 Å². The summed E-state index contributed by atoms with van der Waals surface area (Å²) in [6.45, 7) is 6.75. The Balaban J connectivity index is 1.81. The van der Waals surface area contributed by atoms with E-state index in [2.05, 4.69) is 39.0 Å². The maximum Gasteiger partial charge on any atom is 0.305 e. The molecular formula is C23H34O3. The lowest BCUT2D eigenvalue weighted by Gasteiger charge is -2.18. The van der Waals surface area contributed by atoms with Gasteiger partial charge in [-0.1, -0.05) is 50.6 Å². The molecule has 3 nitrogen and oxygen atoms in total. The van der Waals surface area contributed by atoms with Crippen molar-refractivity contribution in [2.75, 3.05) is 13.7 Å². The number of carbonyl (C=O) groups excluding carboxylic acids is 1. The van der Waals surface area contributed by atoms with Crippen LogP contribution in [0.15, 0.2) is 35.9 Å². The predicted molar refractivity (Wildman–Crippen MR) is 106 cm³/mol. The molecule has 0 saturated heterocycles. The molecule has 0 radical (unpaired) electrons. The van der Waals surface area contributed by atoms with Gasteiger partial charge in [-0.3, -0.25) is 4.79 Å². The molecule has 1 aliphatic carbocycles. The molecule has 0 N–H and O–H groups in total. The number of hydrogen-bond donors (Lipinski definition) is 0. The molecule has 1 aromatic carbocycles. The van der Waals surface area contributed by atoms with Crippen LogP contribution in [0.3, 0.4) is 0 Å². The van der Waals surface area contributed by atoms with E-state index >= 15 is 0 Å². The number of esters is 1. The number of allylic oxidation sites excluding steroid dienone is 2. The van der Waals surface area contributed by atoms with Crippen LogP contribution in [0.4, 0.5) is 0 Å². The van der Waals surface area contributed by atoms with Crippen LogP contribution in [0.25, 0.3) is 0 Å². The molecule has 26 heavy (non-hydrogen) atoms. The van der Waals surface area contributed by atoms with E-state index < -0.39 is 0 Å². The summed E-state index contributed by atoms with van der Waals surface area (Å²) in [5.41, 5.74) is 2.78. The lowest BCUT2D eigenvalue weighted by atomic mass is 9.95. The highest BCUT2D eigenvalue weighted by Crippen LogP contribution is 2.29. The summed E-state index contributed by atoms with van der Waals surface area (Å²) in [5, 5.41) is 0. The van der Waals surface area contributed by atoms with Crippen LogP contribution in [0.5, 0.6) is 5.75 Å². The van der Waals surface area contributed by atoms with Crippen molar-refractivity contribution in [1.82, 2.24) is 0 Å². The normalized spacial score (nSPS) is 18.0. The summed E-state index contributed by atoms with van der Waals surface area (Å²) in [4.78, 5) is 11.9. The summed E-state index contributed by atoms with van der Waals surface area (Å²) < 4.78 is 10.9. The number of para-hydroxylation sites is 1. The van der Waals surface area contributed by atoms with E-state index in [4.69, 9.17) is 9.47 Å². The molecule has 144 valence electrons. The van der Waals surface area contributed by atoms with Crippen LogP contribution in [-0.4, -0.2) is 19.7 Å². The number of carbonyl (C=O) groups is 1. The van der Waals surface area contributed by atoms with Crippen molar-refractivity contribution in [3.8, 4) is 5.75 Å². The first-order chi connectivity index (χ1) is 12.4. The molecule has 1 unspecified atom stereocenters. The van der Waals surface area contributed by atoms with Gasteiger partial charge in [-0.25, -0.2) is 0 Å². The molecule has 1 aliphatic rings. The van der Waals surface area contributed by atoms with Crippen molar-refractivity contribution in [2.45, 2.75) is 65.7 Å². The number of methoxy groups -OCH3 is 1. The van der Waals surface area contributed by atoms with Gasteiger partial charge in [-0.15, -0.1) is 0 Å². The van der Waals surface area contributed by atoms with Crippen molar-refractivity contribution in [3.05, 3.63) is 41.5 Å². The lowest BCUT2D eigenvalue weighted by Crippen LogP contribution is -2.18. The fraction of sp³-hybridized carbons (Fsp3) is 0.609. The molecule has 1 aromatic rings. The minimum atomic E-state index is -0.0533. The van der Waals surface area contributed by atoms with E-state index in [1.165, 1.54) is 24.0 Å². The van der Waals surface area contributed by atoms with Crippen LogP contribution in [-0.2, 0) is 16.0 Å². The Morgan fingerprint density at radius 2 is 2.00 bits per heavy atom. The van der Waals surface area contributed by atoms with E-state index in [1.807, 2.05) is 12.1 Å². The Bertz CT molecular complexity index is 610. The third kappa shape index (κ3) is 7.23. The molecule has 0 saturated carbocycles. The maximum atomic E-state index is 11.9. The largest absolute Gasteiger partial charge is 0.496 e. The second-order valence-corrected chi connectivity index (χ2v) is 8.60. The van der Waals surface area contributed by atoms with E-state index in [9.17, 15) is 4.79 Å². The monoisotopic (exact) mass is 358 g/mol. The van der Waals surface area contributed by atoms with Gasteiger partial charge >= 0.3 is 5.97 Å². The maximum absolute atomic E-state index is 11.9. The topological polar surface area (TPSA) is 35.5 Å². The smallest absolute Gasteiger partial charge is 0.305 e. The molecular weight excluding hydrogens is 324 g/mol. The van der Waals surface area contributed by atoms with Gasteiger partial charge in [0, 0.05) is 6.42 Å². The third-order valence-corrected chi connectivity index (χ3v) is 4.88. The molecule has 0 heterocycles. The first-order valence-corrected chi connectivity index (χ1v) is 9.83. The van der Waals surface area contributed by atoms with Crippen LogP contribution in [0.1, 0.15) is 64.9 Å². The Labute approximate surface area is 158 Å². The summed E-state index contributed by atoms with van der Waals surface area (Å²) in [6, 6.07) is 8.26. The van der Waals surface area contributed by atoms with E-state index in [1.54, 1.807) is 7.11 Å². The molecule has 0 amide bonds. The molecule has 1 atom stereocenters. The van der Waals surface area contributed by atoms with Gasteiger partial charge in [-0.05, 0) is 61.5 Å². The van der Waals surface area contributed by atoms with E-state index in [0.29, 0.717) is 18.9 Å². The molecule has 3 heteroatoms. The van der Waals surface area contributed by atoms with Crippen LogP contribution >= 0.6 is 0 Å². The second-order valence-electron chi connectivity index (χ2n) is 8.60. The average molecular weight is 359 g/mol.